The van der Waals surface area contributed by atoms with Crippen LogP contribution in [0.4, 0.5) is 16.2 Å². The zero-order valence-corrected chi connectivity index (χ0v) is 20.6. The van der Waals surface area contributed by atoms with Crippen molar-refractivity contribution < 1.29 is 24.2 Å². The first-order valence-corrected chi connectivity index (χ1v) is 12.7. The van der Waals surface area contributed by atoms with E-state index in [1.54, 1.807) is 4.90 Å². The van der Waals surface area contributed by atoms with Crippen molar-refractivity contribution in [1.82, 2.24) is 0 Å². The molecule has 1 heterocycles. The van der Waals surface area contributed by atoms with E-state index in [9.17, 15) is 19.5 Å². The molecule has 2 amide bonds. The molecule has 7 nitrogen and oxygen atoms in total. The number of rotatable bonds is 5. The van der Waals surface area contributed by atoms with Crippen molar-refractivity contribution in [3.8, 4) is 5.75 Å². The molecule has 7 heteroatoms. The van der Waals surface area contributed by atoms with Gasteiger partial charge < -0.3 is 15.2 Å². The number of nitrogens with zero attached hydrogens (tertiary/aromatic N) is 1. The number of para-hydroxylation sites is 1. The van der Waals surface area contributed by atoms with Gasteiger partial charge in [-0.05, 0) is 73.1 Å². The van der Waals surface area contributed by atoms with Crippen LogP contribution in [0.3, 0.4) is 0 Å². The molecule has 1 aliphatic heterocycles. The molecule has 2 aliphatic carbocycles. The molecule has 0 atom stereocenters. The topological polar surface area (TPSA) is 95.9 Å². The van der Waals surface area contributed by atoms with E-state index in [2.05, 4.69) is 5.32 Å². The van der Waals surface area contributed by atoms with Gasteiger partial charge in [-0.2, -0.15) is 0 Å². The fraction of sp³-hybridized carbons (Fsp3) is 0.300. The van der Waals surface area contributed by atoms with Crippen molar-refractivity contribution >= 4 is 34.7 Å². The summed E-state index contributed by atoms with van der Waals surface area (Å²) in [7, 11) is 0. The van der Waals surface area contributed by atoms with Gasteiger partial charge in [0.1, 0.15) is 12.4 Å². The first kappa shape index (κ1) is 24.6. The Labute approximate surface area is 216 Å². The third kappa shape index (κ3) is 5.50. The molecule has 1 fully saturated rings. The van der Waals surface area contributed by atoms with E-state index >= 15 is 0 Å². The smallest absolute Gasteiger partial charge is 0.326 e. The lowest BCUT2D eigenvalue weighted by Gasteiger charge is -2.30. The van der Waals surface area contributed by atoms with Crippen LogP contribution in [0.5, 0.6) is 5.75 Å². The Kier molecular flexibility index (Phi) is 7.21. The maximum Gasteiger partial charge on any atom is 0.326 e. The number of hydrogen-bond acceptors (Lipinski definition) is 4. The summed E-state index contributed by atoms with van der Waals surface area (Å²) in [6.07, 6.45) is 10.8. The number of allylic oxidation sites excluding steroid dienone is 6. The molecule has 190 valence electrons. The van der Waals surface area contributed by atoms with Crippen molar-refractivity contribution in [3.05, 3.63) is 84.0 Å². The number of nitrogens with one attached hydrogen (secondary N) is 1. The van der Waals surface area contributed by atoms with E-state index in [-0.39, 0.29) is 23.7 Å². The summed E-state index contributed by atoms with van der Waals surface area (Å²) in [5, 5.41) is 12.1. The molecule has 37 heavy (non-hydrogen) atoms. The zero-order chi connectivity index (χ0) is 25.8. The largest absolute Gasteiger partial charge is 0.490 e. The Hall–Kier alpha value is -4.13. The van der Waals surface area contributed by atoms with Gasteiger partial charge >= 0.3 is 12.0 Å². The lowest BCUT2D eigenvalue weighted by atomic mass is 9.78. The first-order chi connectivity index (χ1) is 18.0. The third-order valence-corrected chi connectivity index (χ3v) is 7.29. The third-order valence-electron chi connectivity index (χ3n) is 7.29. The van der Waals surface area contributed by atoms with Crippen LogP contribution < -0.4 is 15.0 Å². The van der Waals surface area contributed by atoms with E-state index in [1.807, 2.05) is 72.8 Å². The predicted octanol–water partition coefficient (Wildman–Crippen LogP) is 5.85. The van der Waals surface area contributed by atoms with Gasteiger partial charge in [0.25, 0.3) is 0 Å². The number of carbonyl (C=O) groups is 3. The number of Topliss-reactive ketones (excluding diaryl/α,β-unsaturated/α-hetero) is 1. The Morgan fingerprint density at radius 3 is 2.46 bits per heavy atom. The summed E-state index contributed by atoms with van der Waals surface area (Å²) in [4.78, 5) is 38.9. The number of carboxylic acids is 1. The number of aliphatic carboxylic acids is 1. The lowest BCUT2D eigenvalue weighted by molar-refractivity contribution is -0.143. The molecule has 5 rings (SSSR count). The van der Waals surface area contributed by atoms with Gasteiger partial charge in [-0.1, -0.05) is 48.6 Å². The summed E-state index contributed by atoms with van der Waals surface area (Å²) in [6.45, 7) is 0.854. The number of benzene rings is 2. The van der Waals surface area contributed by atoms with E-state index in [1.165, 1.54) is 0 Å². The summed E-state index contributed by atoms with van der Waals surface area (Å²) >= 11 is 0. The standard InChI is InChI=1S/C30H30N2O5/c33-28(22-11-13-23(14-12-22)29(34)35)21-6-4-5-20(9-10-21)24-15-16-26-27(19-24)37-18-17-32(26)30(36)31-25-7-2-1-3-8-25/h1-5,7-10,15-16,19,22-23H,6,11-14,17-18H2,(H,31,36)(H,34,35). The molecule has 1 saturated carbocycles. The van der Waals surface area contributed by atoms with Crippen molar-refractivity contribution in [3.63, 3.8) is 0 Å². The molecule has 0 bridgehead atoms. The highest BCUT2D eigenvalue weighted by atomic mass is 16.5. The second-order valence-electron chi connectivity index (χ2n) is 9.65. The Balaban J connectivity index is 1.30. The highest BCUT2D eigenvalue weighted by Gasteiger charge is 2.31. The van der Waals surface area contributed by atoms with Gasteiger partial charge in [-0.25, -0.2) is 4.79 Å². The number of ketones is 1. The van der Waals surface area contributed by atoms with Crippen molar-refractivity contribution in [2.75, 3.05) is 23.4 Å². The number of amides is 2. The van der Waals surface area contributed by atoms with Gasteiger partial charge in [0.2, 0.25) is 0 Å². The molecule has 0 radical (unpaired) electrons. The Morgan fingerprint density at radius 1 is 0.946 bits per heavy atom. The minimum atomic E-state index is -0.760. The minimum absolute atomic E-state index is 0.102. The second-order valence-corrected chi connectivity index (χ2v) is 9.65. The van der Waals surface area contributed by atoms with Crippen molar-refractivity contribution in [2.24, 2.45) is 11.8 Å². The van der Waals surface area contributed by atoms with Crippen LogP contribution in [0.25, 0.3) is 5.57 Å². The molecule has 2 aromatic rings. The van der Waals surface area contributed by atoms with E-state index in [0.717, 1.165) is 22.4 Å². The molecule has 3 aliphatic rings. The molecule has 0 unspecified atom stereocenters. The molecule has 0 aromatic heterocycles. The molecule has 2 N–H and O–H groups in total. The lowest BCUT2D eigenvalue weighted by Crippen LogP contribution is -2.40. The van der Waals surface area contributed by atoms with Crippen molar-refractivity contribution in [1.29, 1.82) is 0 Å². The highest BCUT2D eigenvalue weighted by Crippen LogP contribution is 2.36. The number of hydrogen-bond donors (Lipinski definition) is 2. The number of ether oxygens (including phenoxy) is 1. The monoisotopic (exact) mass is 498 g/mol. The molecular weight excluding hydrogens is 468 g/mol. The number of urea groups is 1. The summed E-state index contributed by atoms with van der Waals surface area (Å²) in [6, 6.07) is 14.9. The highest BCUT2D eigenvalue weighted by molar-refractivity contribution is 6.03. The van der Waals surface area contributed by atoms with Gasteiger partial charge in [0.15, 0.2) is 5.78 Å². The number of anilines is 2. The van der Waals surface area contributed by atoms with Crippen LogP contribution in [0.2, 0.25) is 0 Å². The van der Waals surface area contributed by atoms with Gasteiger partial charge in [0, 0.05) is 11.6 Å². The van der Waals surface area contributed by atoms with E-state index in [0.29, 0.717) is 56.7 Å². The molecule has 2 aromatic carbocycles. The summed E-state index contributed by atoms with van der Waals surface area (Å²) in [5.74, 6) is -0.426. The molecular formula is C30H30N2O5. The maximum atomic E-state index is 13.1. The SMILES string of the molecule is O=C(O)C1CCC(C(=O)C2=CC=C(c3ccc4c(c3)OCCN4C(=O)Nc3ccccc3)C=CC2)CC1. The number of carbonyl (C=O) groups excluding carboxylic acids is 2. The fourth-order valence-corrected chi connectivity index (χ4v) is 5.19. The number of fused-ring (bicyclic) bond motifs is 1. The van der Waals surface area contributed by atoms with Crippen LogP contribution in [0, 0.1) is 11.8 Å². The van der Waals surface area contributed by atoms with Gasteiger partial charge in [0.05, 0.1) is 18.2 Å². The first-order valence-electron chi connectivity index (χ1n) is 12.7. The maximum absolute atomic E-state index is 13.1. The average Bonchev–Trinajstić information content (AvgIpc) is 3.19. The summed E-state index contributed by atoms with van der Waals surface area (Å²) < 4.78 is 5.90. The minimum Gasteiger partial charge on any atom is -0.490 e. The fourth-order valence-electron chi connectivity index (χ4n) is 5.19. The van der Waals surface area contributed by atoms with Crippen LogP contribution in [0.1, 0.15) is 37.7 Å². The molecule has 0 spiro atoms. The normalized spacial score (nSPS) is 21.0. The zero-order valence-electron chi connectivity index (χ0n) is 20.6. The Morgan fingerprint density at radius 2 is 1.70 bits per heavy atom. The van der Waals surface area contributed by atoms with Gasteiger partial charge in [-0.3, -0.25) is 14.5 Å². The van der Waals surface area contributed by atoms with E-state index in [4.69, 9.17) is 4.74 Å². The molecule has 0 saturated heterocycles. The number of carboxylic acid groups (broad SMARTS) is 1. The van der Waals surface area contributed by atoms with Gasteiger partial charge in [-0.15, -0.1) is 0 Å². The Bertz CT molecular complexity index is 1290. The van der Waals surface area contributed by atoms with E-state index < -0.39 is 5.97 Å². The van der Waals surface area contributed by atoms with Crippen LogP contribution in [-0.4, -0.2) is 36.0 Å². The predicted molar refractivity (Wildman–Crippen MR) is 143 cm³/mol. The quantitative estimate of drug-likeness (QED) is 0.539. The summed E-state index contributed by atoms with van der Waals surface area (Å²) in [5.41, 5.74) is 4.09. The van der Waals surface area contributed by atoms with Crippen LogP contribution in [0.15, 0.2) is 78.4 Å². The van der Waals surface area contributed by atoms with Crippen LogP contribution in [-0.2, 0) is 9.59 Å². The average molecular weight is 499 g/mol. The van der Waals surface area contributed by atoms with Crippen molar-refractivity contribution in [2.45, 2.75) is 32.1 Å². The van der Waals surface area contributed by atoms with Crippen LogP contribution >= 0.6 is 0 Å². The second kappa shape index (κ2) is 10.9.